The van der Waals surface area contributed by atoms with Crippen LogP contribution in [0.15, 0.2) is 30.3 Å². The fourth-order valence-electron chi connectivity index (χ4n) is 4.01. The molecule has 112 valence electrons. The van der Waals surface area contributed by atoms with Gasteiger partial charge in [0.05, 0.1) is 0 Å². The standard InChI is InChI=1S/C19H31N/c1-14-13-15(2)19(16(14)3)12-11-18(20)10-9-17-7-5-4-6-8-17/h4-8,14-16,18-19H,9-13,20H2,1-3H3. The minimum atomic E-state index is 0.366. The molecule has 0 bridgehead atoms. The normalized spacial score (nSPS) is 31.4. The Labute approximate surface area is 125 Å². The van der Waals surface area contributed by atoms with E-state index in [9.17, 15) is 0 Å². The van der Waals surface area contributed by atoms with E-state index in [0.29, 0.717) is 6.04 Å². The van der Waals surface area contributed by atoms with Crippen LogP contribution in [0.1, 0.15) is 52.0 Å². The molecule has 1 nitrogen and oxygen atoms in total. The van der Waals surface area contributed by atoms with E-state index in [1.807, 2.05) is 0 Å². The Hall–Kier alpha value is -0.820. The van der Waals surface area contributed by atoms with Crippen molar-refractivity contribution in [2.45, 2.75) is 58.9 Å². The molecule has 5 atom stereocenters. The topological polar surface area (TPSA) is 26.0 Å². The second-order valence-electron chi connectivity index (χ2n) is 7.07. The summed E-state index contributed by atoms with van der Waals surface area (Å²) in [6, 6.07) is 11.1. The Kier molecular flexibility index (Phi) is 5.65. The van der Waals surface area contributed by atoms with Crippen molar-refractivity contribution in [2.75, 3.05) is 0 Å². The van der Waals surface area contributed by atoms with Crippen molar-refractivity contribution < 1.29 is 0 Å². The van der Waals surface area contributed by atoms with Crippen LogP contribution in [-0.4, -0.2) is 6.04 Å². The van der Waals surface area contributed by atoms with Gasteiger partial charge in [0, 0.05) is 6.04 Å². The van der Waals surface area contributed by atoms with Gasteiger partial charge < -0.3 is 5.73 Å². The second-order valence-corrected chi connectivity index (χ2v) is 7.07. The van der Waals surface area contributed by atoms with Gasteiger partial charge in [-0.1, -0.05) is 51.1 Å². The van der Waals surface area contributed by atoms with Gasteiger partial charge in [0.1, 0.15) is 0 Å². The number of hydrogen-bond acceptors (Lipinski definition) is 1. The van der Waals surface area contributed by atoms with Gasteiger partial charge in [-0.3, -0.25) is 0 Å². The maximum Gasteiger partial charge on any atom is 0.00420 e. The van der Waals surface area contributed by atoms with Crippen LogP contribution in [0.5, 0.6) is 0 Å². The van der Waals surface area contributed by atoms with Crippen molar-refractivity contribution in [1.29, 1.82) is 0 Å². The third-order valence-electron chi connectivity index (χ3n) is 5.56. The molecule has 0 aromatic heterocycles. The summed E-state index contributed by atoms with van der Waals surface area (Å²) in [7, 11) is 0. The first-order valence-corrected chi connectivity index (χ1v) is 8.37. The maximum atomic E-state index is 6.33. The summed E-state index contributed by atoms with van der Waals surface area (Å²) in [6.45, 7) is 7.28. The molecule has 1 aromatic rings. The van der Waals surface area contributed by atoms with Gasteiger partial charge >= 0.3 is 0 Å². The zero-order valence-corrected chi connectivity index (χ0v) is 13.4. The summed E-state index contributed by atoms with van der Waals surface area (Å²) < 4.78 is 0. The number of benzene rings is 1. The van der Waals surface area contributed by atoms with E-state index < -0.39 is 0 Å². The Morgan fingerprint density at radius 3 is 2.35 bits per heavy atom. The quantitative estimate of drug-likeness (QED) is 0.802. The highest BCUT2D eigenvalue weighted by atomic mass is 14.6. The summed E-state index contributed by atoms with van der Waals surface area (Å²) in [5, 5.41) is 0. The summed E-state index contributed by atoms with van der Waals surface area (Å²) >= 11 is 0. The predicted octanol–water partition coefficient (Wildman–Crippen LogP) is 4.65. The van der Waals surface area contributed by atoms with E-state index >= 15 is 0 Å². The number of aryl methyl sites for hydroxylation is 1. The van der Waals surface area contributed by atoms with Gasteiger partial charge in [-0.2, -0.15) is 0 Å². The molecule has 1 heteroatoms. The molecule has 0 amide bonds. The first kappa shape index (κ1) is 15.6. The highest BCUT2D eigenvalue weighted by Crippen LogP contribution is 2.43. The van der Waals surface area contributed by atoms with Crippen LogP contribution in [0.4, 0.5) is 0 Å². The molecule has 1 aliphatic carbocycles. The molecule has 0 aliphatic heterocycles. The van der Waals surface area contributed by atoms with E-state index in [1.165, 1.54) is 24.8 Å². The number of rotatable bonds is 6. The maximum absolute atomic E-state index is 6.33. The molecule has 0 saturated heterocycles. The summed E-state index contributed by atoms with van der Waals surface area (Å²) in [4.78, 5) is 0. The Morgan fingerprint density at radius 2 is 1.75 bits per heavy atom. The third kappa shape index (κ3) is 4.09. The highest BCUT2D eigenvalue weighted by molar-refractivity contribution is 5.14. The zero-order chi connectivity index (χ0) is 14.5. The fourth-order valence-corrected chi connectivity index (χ4v) is 4.01. The SMILES string of the molecule is CC1CC(C)C(CCC(N)CCc2ccccc2)C1C. The lowest BCUT2D eigenvalue weighted by Crippen LogP contribution is -2.23. The monoisotopic (exact) mass is 273 g/mol. The van der Waals surface area contributed by atoms with Crippen molar-refractivity contribution in [2.24, 2.45) is 29.4 Å². The minimum absolute atomic E-state index is 0.366. The highest BCUT2D eigenvalue weighted by Gasteiger charge is 2.35. The first-order chi connectivity index (χ1) is 9.58. The van der Waals surface area contributed by atoms with Crippen molar-refractivity contribution in [3.8, 4) is 0 Å². The molecule has 1 fully saturated rings. The van der Waals surface area contributed by atoms with E-state index in [4.69, 9.17) is 5.73 Å². The lowest BCUT2D eigenvalue weighted by Gasteiger charge is -2.23. The molecule has 0 spiro atoms. The van der Waals surface area contributed by atoms with E-state index in [0.717, 1.165) is 36.5 Å². The molecule has 0 heterocycles. The molecule has 1 aromatic carbocycles. The van der Waals surface area contributed by atoms with Crippen LogP contribution < -0.4 is 5.73 Å². The fraction of sp³-hybridized carbons (Fsp3) is 0.684. The van der Waals surface area contributed by atoms with Crippen molar-refractivity contribution >= 4 is 0 Å². The van der Waals surface area contributed by atoms with E-state index in [2.05, 4.69) is 51.1 Å². The van der Waals surface area contributed by atoms with Gasteiger partial charge in [-0.15, -0.1) is 0 Å². The molecular formula is C19H31N. The van der Waals surface area contributed by atoms with Crippen LogP contribution >= 0.6 is 0 Å². The van der Waals surface area contributed by atoms with Crippen LogP contribution in [0.25, 0.3) is 0 Å². The summed E-state index contributed by atoms with van der Waals surface area (Å²) in [6.07, 6.45) is 6.16. The summed E-state index contributed by atoms with van der Waals surface area (Å²) in [5.41, 5.74) is 7.74. The largest absolute Gasteiger partial charge is 0.328 e. The smallest absolute Gasteiger partial charge is 0.00420 e. The minimum Gasteiger partial charge on any atom is -0.328 e. The van der Waals surface area contributed by atoms with Gasteiger partial charge in [-0.05, 0) is 61.3 Å². The molecule has 2 N–H and O–H groups in total. The van der Waals surface area contributed by atoms with E-state index in [-0.39, 0.29) is 0 Å². The average Bonchev–Trinajstić information content (AvgIpc) is 2.69. The molecule has 20 heavy (non-hydrogen) atoms. The van der Waals surface area contributed by atoms with Crippen molar-refractivity contribution in [3.63, 3.8) is 0 Å². The van der Waals surface area contributed by atoms with Crippen LogP contribution in [0, 0.1) is 23.7 Å². The van der Waals surface area contributed by atoms with Gasteiger partial charge in [0.25, 0.3) is 0 Å². The Morgan fingerprint density at radius 1 is 1.05 bits per heavy atom. The van der Waals surface area contributed by atoms with Gasteiger partial charge in [-0.25, -0.2) is 0 Å². The lowest BCUT2D eigenvalue weighted by atomic mass is 9.84. The summed E-state index contributed by atoms with van der Waals surface area (Å²) in [5.74, 6) is 3.57. The van der Waals surface area contributed by atoms with Crippen molar-refractivity contribution in [1.82, 2.24) is 0 Å². The molecular weight excluding hydrogens is 242 g/mol. The predicted molar refractivity (Wildman–Crippen MR) is 87.6 cm³/mol. The molecule has 0 radical (unpaired) electrons. The van der Waals surface area contributed by atoms with Crippen molar-refractivity contribution in [3.05, 3.63) is 35.9 Å². The molecule has 1 saturated carbocycles. The Bertz CT molecular complexity index is 386. The lowest BCUT2D eigenvalue weighted by molar-refractivity contribution is 0.287. The Balaban J connectivity index is 1.71. The van der Waals surface area contributed by atoms with Crippen LogP contribution in [0.3, 0.4) is 0 Å². The number of nitrogens with two attached hydrogens (primary N) is 1. The molecule has 2 rings (SSSR count). The number of hydrogen-bond donors (Lipinski definition) is 1. The molecule has 5 unspecified atom stereocenters. The van der Waals surface area contributed by atoms with Gasteiger partial charge in [0.15, 0.2) is 0 Å². The third-order valence-corrected chi connectivity index (χ3v) is 5.56. The first-order valence-electron chi connectivity index (χ1n) is 8.37. The van der Waals surface area contributed by atoms with Crippen LogP contribution in [-0.2, 0) is 6.42 Å². The second kappa shape index (κ2) is 7.26. The molecule has 1 aliphatic rings. The van der Waals surface area contributed by atoms with Crippen LogP contribution in [0.2, 0.25) is 0 Å². The zero-order valence-electron chi connectivity index (χ0n) is 13.4. The van der Waals surface area contributed by atoms with E-state index in [1.54, 1.807) is 0 Å². The average molecular weight is 273 g/mol. The van der Waals surface area contributed by atoms with Gasteiger partial charge in [0.2, 0.25) is 0 Å².